The third-order valence-corrected chi connectivity index (χ3v) is 4.42. The highest BCUT2D eigenvalue weighted by atomic mass is 16.5. The van der Waals surface area contributed by atoms with Crippen LogP contribution in [-0.4, -0.2) is 18.1 Å². The van der Waals surface area contributed by atoms with E-state index < -0.39 is 11.5 Å². The number of nitrogens with zero attached hydrogens (tertiary/aromatic N) is 2. The highest BCUT2D eigenvalue weighted by Gasteiger charge is 2.26. The smallest absolute Gasteiger partial charge is 0.261 e. The summed E-state index contributed by atoms with van der Waals surface area (Å²) in [5.41, 5.74) is 6.97. The molecule has 2 N–H and O–H groups in total. The molecule has 0 aliphatic carbocycles. The minimum atomic E-state index is -1.04. The monoisotopic (exact) mass is 403 g/mol. The van der Waals surface area contributed by atoms with E-state index >= 15 is 0 Å². The number of rotatable bonds is 9. The number of hydrogen-bond acceptors (Lipinski definition) is 5. The summed E-state index contributed by atoms with van der Waals surface area (Å²) in [4.78, 5) is 11.4. The predicted molar refractivity (Wildman–Crippen MR) is 117 cm³/mol. The van der Waals surface area contributed by atoms with Crippen LogP contribution in [0.25, 0.3) is 0 Å². The number of azo groups is 1. The van der Waals surface area contributed by atoms with Crippen LogP contribution in [-0.2, 0) is 11.2 Å². The summed E-state index contributed by atoms with van der Waals surface area (Å²) < 4.78 is 11.4. The highest BCUT2D eigenvalue weighted by Crippen LogP contribution is 2.22. The standard InChI is InChI=1S/C24H25N3O3/c1-24(2,23(25)28)30-22-12-8-18(9-13-22)16-17-29-21-14-10-20(11-15-21)27-26-19-6-4-3-5-7-19/h3-15H,16-17H2,1-2H3,(H2,25,28). The van der Waals surface area contributed by atoms with Crippen molar-refractivity contribution in [2.75, 3.05) is 6.61 Å². The summed E-state index contributed by atoms with van der Waals surface area (Å²) >= 11 is 0. The molecule has 0 radical (unpaired) electrons. The molecule has 0 unspecified atom stereocenters. The van der Waals surface area contributed by atoms with Crippen molar-refractivity contribution >= 4 is 17.3 Å². The zero-order valence-corrected chi connectivity index (χ0v) is 17.1. The van der Waals surface area contributed by atoms with Crippen LogP contribution in [0.4, 0.5) is 11.4 Å². The quantitative estimate of drug-likeness (QED) is 0.488. The van der Waals surface area contributed by atoms with Crippen molar-refractivity contribution in [2.24, 2.45) is 16.0 Å². The molecule has 0 bridgehead atoms. The van der Waals surface area contributed by atoms with E-state index in [0.717, 1.165) is 29.1 Å². The van der Waals surface area contributed by atoms with Crippen LogP contribution in [0.2, 0.25) is 0 Å². The van der Waals surface area contributed by atoms with E-state index in [1.807, 2.05) is 78.9 Å². The van der Waals surface area contributed by atoms with Crippen molar-refractivity contribution in [1.29, 1.82) is 0 Å². The number of hydrogen-bond donors (Lipinski definition) is 1. The van der Waals surface area contributed by atoms with Crippen LogP contribution >= 0.6 is 0 Å². The Balaban J connectivity index is 1.47. The van der Waals surface area contributed by atoms with E-state index in [1.165, 1.54) is 0 Å². The van der Waals surface area contributed by atoms with E-state index in [9.17, 15) is 4.79 Å². The van der Waals surface area contributed by atoms with Gasteiger partial charge in [0.25, 0.3) is 5.91 Å². The van der Waals surface area contributed by atoms with Crippen molar-refractivity contribution in [3.8, 4) is 11.5 Å². The first-order valence-corrected chi connectivity index (χ1v) is 9.70. The van der Waals surface area contributed by atoms with Crippen LogP contribution < -0.4 is 15.2 Å². The molecule has 3 aromatic rings. The molecule has 6 heteroatoms. The first-order valence-electron chi connectivity index (χ1n) is 9.70. The summed E-state index contributed by atoms with van der Waals surface area (Å²) in [7, 11) is 0. The Morgan fingerprint density at radius 3 is 2.00 bits per heavy atom. The molecule has 0 aromatic heterocycles. The SMILES string of the molecule is CC(C)(Oc1ccc(CCOc2ccc(N=Nc3ccccc3)cc2)cc1)C(N)=O. The second-order valence-electron chi connectivity index (χ2n) is 7.25. The number of amides is 1. The Morgan fingerprint density at radius 2 is 1.40 bits per heavy atom. The van der Waals surface area contributed by atoms with Gasteiger partial charge in [-0.2, -0.15) is 10.2 Å². The van der Waals surface area contributed by atoms with Crippen molar-refractivity contribution in [3.63, 3.8) is 0 Å². The van der Waals surface area contributed by atoms with Crippen LogP contribution in [0.1, 0.15) is 19.4 Å². The molecule has 154 valence electrons. The Labute approximate surface area is 176 Å². The van der Waals surface area contributed by atoms with Crippen LogP contribution in [0.3, 0.4) is 0 Å². The minimum absolute atomic E-state index is 0.507. The van der Waals surface area contributed by atoms with Crippen LogP contribution in [0, 0.1) is 0 Å². The van der Waals surface area contributed by atoms with E-state index in [4.69, 9.17) is 15.2 Å². The molecule has 1 amide bonds. The lowest BCUT2D eigenvalue weighted by Crippen LogP contribution is -2.43. The van der Waals surface area contributed by atoms with Crippen molar-refractivity contribution in [1.82, 2.24) is 0 Å². The van der Waals surface area contributed by atoms with E-state index in [1.54, 1.807) is 13.8 Å². The summed E-state index contributed by atoms with van der Waals surface area (Å²) in [5.74, 6) is 0.869. The van der Waals surface area contributed by atoms with Gasteiger partial charge in [-0.3, -0.25) is 4.79 Å². The van der Waals surface area contributed by atoms with Gasteiger partial charge in [-0.05, 0) is 67.9 Å². The van der Waals surface area contributed by atoms with Gasteiger partial charge in [-0.1, -0.05) is 30.3 Å². The van der Waals surface area contributed by atoms with Gasteiger partial charge >= 0.3 is 0 Å². The predicted octanol–water partition coefficient (Wildman–Crippen LogP) is 5.37. The fourth-order valence-corrected chi connectivity index (χ4v) is 2.57. The Bertz CT molecular complexity index is 982. The molecular formula is C24H25N3O3. The normalized spacial score (nSPS) is 11.4. The molecule has 0 saturated heterocycles. The maximum atomic E-state index is 11.4. The second-order valence-corrected chi connectivity index (χ2v) is 7.25. The maximum absolute atomic E-state index is 11.4. The van der Waals surface area contributed by atoms with Gasteiger partial charge in [-0.25, -0.2) is 0 Å². The molecule has 0 saturated carbocycles. The number of benzene rings is 3. The zero-order chi connectivity index (χ0) is 21.4. The summed E-state index contributed by atoms with van der Waals surface area (Å²) in [6.45, 7) is 3.83. The van der Waals surface area contributed by atoms with Crippen LogP contribution in [0.15, 0.2) is 89.1 Å². The van der Waals surface area contributed by atoms with Crippen molar-refractivity contribution in [2.45, 2.75) is 25.9 Å². The lowest BCUT2D eigenvalue weighted by Gasteiger charge is -2.22. The Morgan fingerprint density at radius 1 is 0.833 bits per heavy atom. The number of nitrogens with two attached hydrogens (primary N) is 1. The molecule has 0 fully saturated rings. The molecule has 30 heavy (non-hydrogen) atoms. The van der Waals surface area contributed by atoms with Gasteiger partial charge in [0.15, 0.2) is 5.60 Å². The Kier molecular flexibility index (Phi) is 6.80. The maximum Gasteiger partial charge on any atom is 0.261 e. The number of primary amides is 1. The van der Waals surface area contributed by atoms with E-state index in [-0.39, 0.29) is 0 Å². The fourth-order valence-electron chi connectivity index (χ4n) is 2.57. The van der Waals surface area contributed by atoms with Gasteiger partial charge in [-0.15, -0.1) is 0 Å². The molecule has 0 heterocycles. The molecule has 0 spiro atoms. The van der Waals surface area contributed by atoms with Crippen molar-refractivity contribution in [3.05, 3.63) is 84.4 Å². The van der Waals surface area contributed by atoms with E-state index in [2.05, 4.69) is 10.2 Å². The zero-order valence-electron chi connectivity index (χ0n) is 17.1. The first-order chi connectivity index (χ1) is 14.4. The highest BCUT2D eigenvalue weighted by molar-refractivity contribution is 5.82. The molecule has 0 aliphatic rings. The van der Waals surface area contributed by atoms with Gasteiger partial charge in [0.1, 0.15) is 11.5 Å². The Hall–Kier alpha value is -3.67. The van der Waals surface area contributed by atoms with Gasteiger partial charge in [0, 0.05) is 6.42 Å². The largest absolute Gasteiger partial charge is 0.493 e. The summed E-state index contributed by atoms with van der Waals surface area (Å²) in [6, 6.07) is 24.6. The first kappa shape index (κ1) is 21.0. The number of ether oxygens (including phenoxy) is 2. The van der Waals surface area contributed by atoms with Crippen molar-refractivity contribution < 1.29 is 14.3 Å². The third-order valence-electron chi connectivity index (χ3n) is 4.42. The van der Waals surface area contributed by atoms with Gasteiger partial charge in [0.05, 0.1) is 18.0 Å². The second kappa shape index (κ2) is 9.69. The molecule has 3 rings (SSSR count). The molecule has 6 nitrogen and oxygen atoms in total. The topological polar surface area (TPSA) is 86.3 Å². The summed E-state index contributed by atoms with van der Waals surface area (Å²) in [6.07, 6.45) is 0.745. The molecule has 0 atom stereocenters. The van der Waals surface area contributed by atoms with E-state index in [0.29, 0.717) is 12.4 Å². The lowest BCUT2D eigenvalue weighted by molar-refractivity contribution is -0.130. The average molecular weight is 403 g/mol. The number of carbonyl (C=O) groups excluding carboxylic acids is 1. The van der Waals surface area contributed by atoms with Crippen LogP contribution in [0.5, 0.6) is 11.5 Å². The average Bonchev–Trinajstić information content (AvgIpc) is 2.75. The molecule has 3 aromatic carbocycles. The molecule has 0 aliphatic heterocycles. The van der Waals surface area contributed by atoms with Gasteiger partial charge in [0.2, 0.25) is 0 Å². The lowest BCUT2D eigenvalue weighted by atomic mass is 10.1. The third kappa shape index (κ3) is 6.17. The van der Waals surface area contributed by atoms with Gasteiger partial charge < -0.3 is 15.2 Å². The summed E-state index contributed by atoms with van der Waals surface area (Å²) in [5, 5.41) is 8.41. The molecular weight excluding hydrogens is 378 g/mol. The minimum Gasteiger partial charge on any atom is -0.493 e. The number of carbonyl (C=O) groups is 1. The fraction of sp³-hybridized carbons (Fsp3) is 0.208.